The number of non-ortho nitro benzene ring substituents is 1. The van der Waals surface area contributed by atoms with Crippen LogP contribution in [0, 0.1) is 10.1 Å². The van der Waals surface area contributed by atoms with E-state index in [-0.39, 0.29) is 181 Å². The zero-order valence-corrected chi connectivity index (χ0v) is 55.9. The SMILES string of the molecule is O=[N+]([O-])c1ccc(N=Nc2c(O)c(N=Nc3cc(S(=O)(=O)[O-])cc4cc(S(=O)(=O)[O-])ccc34)c(O)c(N=Nc3ccc(S(=O)(=O)[O-])c4ccccc34)c2N=Nc2cc(S(=O)(=O)[O-])cc3cc(S(=O)(=O)[O-])cc(O)c23)cc1.[Na+].[Na+].[Na+].[Na+].[Na+]. The molecule has 0 unspecified atom stereocenters. The van der Waals surface area contributed by atoms with Crippen LogP contribution in [0.5, 0.6) is 17.2 Å². The molecular weight excluding hydrogens is 1230 g/mol. The molecule has 0 aliphatic carbocycles. The fourth-order valence-corrected chi connectivity index (χ4v) is 9.91. The Kier molecular flexibility index (Phi) is 24.3. The van der Waals surface area contributed by atoms with Crippen molar-refractivity contribution in [1.82, 2.24) is 0 Å². The van der Waals surface area contributed by atoms with Gasteiger partial charge < -0.3 is 38.1 Å². The molecule has 0 fully saturated rings. The van der Waals surface area contributed by atoms with Crippen LogP contribution < -0.4 is 148 Å². The number of aromatic hydroxyl groups is 3. The molecule has 0 amide bonds. The topological polar surface area (TPSA) is 489 Å². The number of fused-ring (bicyclic) bond motifs is 3. The van der Waals surface area contributed by atoms with Crippen LogP contribution in [0.25, 0.3) is 32.3 Å². The van der Waals surface area contributed by atoms with Gasteiger partial charge in [-0.1, -0.05) is 30.3 Å². The number of benzene rings is 8. The van der Waals surface area contributed by atoms with Crippen LogP contribution in [-0.4, -0.2) is 85.1 Å². The molecule has 81 heavy (non-hydrogen) atoms. The van der Waals surface area contributed by atoms with Crippen molar-refractivity contribution in [3.63, 3.8) is 0 Å². The summed E-state index contributed by atoms with van der Waals surface area (Å²) in [5.41, 5.74) is -6.40. The minimum absolute atomic E-state index is 0. The van der Waals surface area contributed by atoms with Crippen molar-refractivity contribution in [2.45, 2.75) is 24.5 Å². The second-order valence-electron chi connectivity index (χ2n) is 15.4. The number of nitro groups is 1. The smallest absolute Gasteiger partial charge is 0.744 e. The number of nitro benzene ring substituents is 1. The molecule has 0 radical (unpaired) electrons. The predicted octanol–water partition coefficient (Wildman–Crippen LogP) is -6.63. The van der Waals surface area contributed by atoms with Crippen LogP contribution >= 0.6 is 0 Å². The maximum absolute atomic E-state index is 12.4. The fraction of sp³-hybridized carbons (Fsp3) is 0. The molecule has 8 aromatic carbocycles. The Balaban J connectivity index is 0.00000344. The third kappa shape index (κ3) is 16.2. The van der Waals surface area contributed by atoms with E-state index in [4.69, 9.17) is 0 Å². The van der Waals surface area contributed by atoms with Crippen LogP contribution in [0.4, 0.5) is 51.2 Å². The zero-order valence-electron chi connectivity index (χ0n) is 41.8. The van der Waals surface area contributed by atoms with Gasteiger partial charge in [-0.05, 0) is 83.6 Å². The number of hydrogen-bond acceptors (Lipinski definition) is 28. The summed E-state index contributed by atoms with van der Waals surface area (Å²) in [4.78, 5) is 5.75. The van der Waals surface area contributed by atoms with Gasteiger partial charge in [-0.3, -0.25) is 10.1 Å². The van der Waals surface area contributed by atoms with Crippen LogP contribution in [0.3, 0.4) is 0 Å². The second kappa shape index (κ2) is 27.5. The van der Waals surface area contributed by atoms with E-state index >= 15 is 0 Å². The van der Waals surface area contributed by atoms with Gasteiger partial charge in [0, 0.05) is 28.3 Å². The van der Waals surface area contributed by atoms with Crippen LogP contribution in [0.2, 0.25) is 0 Å². The van der Waals surface area contributed by atoms with Crippen LogP contribution in [0.15, 0.2) is 181 Å². The fourth-order valence-electron chi connectivity index (χ4n) is 7.14. The van der Waals surface area contributed by atoms with E-state index in [9.17, 15) is 90.3 Å². The maximum atomic E-state index is 12.4. The van der Waals surface area contributed by atoms with Crippen molar-refractivity contribution in [3.8, 4) is 17.2 Å². The summed E-state index contributed by atoms with van der Waals surface area (Å²) in [6, 6.07) is 17.1. The van der Waals surface area contributed by atoms with Gasteiger partial charge in [0.15, 0.2) is 28.6 Å². The van der Waals surface area contributed by atoms with E-state index in [0.29, 0.717) is 42.5 Å². The molecule has 0 atom stereocenters. The number of nitrogens with zero attached hydrogens (tertiary/aromatic N) is 9. The van der Waals surface area contributed by atoms with Gasteiger partial charge in [0.25, 0.3) is 5.69 Å². The summed E-state index contributed by atoms with van der Waals surface area (Å²) in [6.07, 6.45) is 0. The van der Waals surface area contributed by atoms with Crippen LogP contribution in [-0.2, 0) is 50.6 Å². The van der Waals surface area contributed by atoms with Gasteiger partial charge in [-0.15, -0.1) is 35.8 Å². The summed E-state index contributed by atoms with van der Waals surface area (Å²) in [7, 11) is -26.6. The first-order valence-corrected chi connectivity index (χ1v) is 27.2. The minimum Gasteiger partial charge on any atom is -0.744 e. The van der Waals surface area contributed by atoms with E-state index in [1.165, 1.54) is 24.3 Å². The van der Waals surface area contributed by atoms with Gasteiger partial charge in [0.2, 0.25) is 0 Å². The molecule has 29 nitrogen and oxygen atoms in total. The average molecular weight is 1250 g/mol. The van der Waals surface area contributed by atoms with Gasteiger partial charge in [-0.2, -0.15) is 5.11 Å². The molecule has 0 aliphatic rings. The van der Waals surface area contributed by atoms with Gasteiger partial charge in [-0.25, -0.2) is 42.1 Å². The standard InChI is InChI=1S/C42H27N9O20S5.5Na/c52-34-19-27(75(66,67)68)16-21-15-26(74(63,64)65)18-33(36(21)34)46-47-37-38(48-43-22-5-7-23(8-6-22)51(55)56)41(53)40(42(54)39(37)49-44-31-11-12-35(76(69,70)71)30-4-2-1-3-29(30)31)50-45-32-17-25(73(60,61)62)14-20-13-24(72(57,58)59)9-10-28(20)32;;;;;/h1-19,52-54H,(H,57,58,59)(H,60,61,62)(H,63,64,65)(H,66,67,68)(H,69,70,71);;;;;/q;5*+1/p-5. The number of azo groups is 4. The second-order valence-corrected chi connectivity index (χ2v) is 22.2. The van der Waals surface area contributed by atoms with Gasteiger partial charge in [0.05, 0.1) is 57.5 Å². The summed E-state index contributed by atoms with van der Waals surface area (Å²) in [5.74, 6) is -3.71. The molecule has 0 aromatic heterocycles. The third-order valence-electron chi connectivity index (χ3n) is 10.6. The Morgan fingerprint density at radius 2 is 0.827 bits per heavy atom. The first kappa shape index (κ1) is 71.6. The predicted molar refractivity (Wildman–Crippen MR) is 253 cm³/mol. The third-order valence-corrected chi connectivity index (χ3v) is 14.7. The Morgan fingerprint density at radius 3 is 1.36 bits per heavy atom. The summed E-state index contributed by atoms with van der Waals surface area (Å²) in [6.45, 7) is 0. The van der Waals surface area contributed by atoms with Crippen molar-refractivity contribution in [2.24, 2.45) is 40.9 Å². The van der Waals surface area contributed by atoms with E-state index in [0.717, 1.165) is 48.5 Å². The minimum atomic E-state index is -5.50. The Hall–Kier alpha value is -3.71. The van der Waals surface area contributed by atoms with Gasteiger partial charge >= 0.3 is 148 Å². The zero-order chi connectivity index (χ0) is 55.4. The number of hydrogen-bond donors (Lipinski definition) is 3. The Bertz CT molecular complexity index is 4570. The van der Waals surface area contributed by atoms with Crippen molar-refractivity contribution in [2.75, 3.05) is 0 Å². The molecule has 39 heteroatoms. The molecule has 8 rings (SSSR count). The molecule has 0 saturated heterocycles. The Morgan fingerprint density at radius 1 is 0.383 bits per heavy atom. The first-order valence-electron chi connectivity index (χ1n) is 20.1. The molecule has 0 saturated carbocycles. The van der Waals surface area contributed by atoms with Crippen LogP contribution in [0.1, 0.15) is 0 Å². The normalized spacial score (nSPS) is 12.3. The number of phenolic OH excluding ortho intramolecular Hbond substituents is 3. The molecule has 8 aromatic rings. The molecule has 0 aliphatic heterocycles. The van der Waals surface area contributed by atoms with Crippen molar-refractivity contribution >= 4 is 134 Å². The van der Waals surface area contributed by atoms with E-state index in [2.05, 4.69) is 40.9 Å². The molecule has 0 bridgehead atoms. The molecular formula is C42H22N9Na5O20S5. The molecule has 390 valence electrons. The first-order chi connectivity index (χ1) is 35.4. The molecule has 0 spiro atoms. The van der Waals surface area contributed by atoms with Gasteiger partial charge in [0.1, 0.15) is 62.0 Å². The van der Waals surface area contributed by atoms with Crippen molar-refractivity contribution in [1.29, 1.82) is 0 Å². The molecule has 3 N–H and O–H groups in total. The largest absolute Gasteiger partial charge is 1.00 e. The van der Waals surface area contributed by atoms with Crippen molar-refractivity contribution < 1.29 is 233 Å². The quantitative estimate of drug-likeness (QED) is 0.0299. The summed E-state index contributed by atoms with van der Waals surface area (Å²) < 4.78 is 182. The monoisotopic (exact) mass is 1250 g/mol. The summed E-state index contributed by atoms with van der Waals surface area (Å²) >= 11 is 0. The average Bonchev–Trinajstić information content (AvgIpc) is 3.33. The van der Waals surface area contributed by atoms with E-state index in [1.807, 2.05) is 0 Å². The summed E-state index contributed by atoms with van der Waals surface area (Å²) in [5, 5.41) is 76.0. The number of phenols is 3. The molecule has 0 heterocycles. The van der Waals surface area contributed by atoms with E-state index in [1.54, 1.807) is 0 Å². The van der Waals surface area contributed by atoms with Crippen molar-refractivity contribution in [3.05, 3.63) is 125 Å². The Labute approximate surface area is 567 Å². The number of rotatable bonds is 14. The van der Waals surface area contributed by atoms with E-state index < -0.39 is 148 Å². The maximum Gasteiger partial charge on any atom is 1.00 e.